The van der Waals surface area contributed by atoms with Gasteiger partial charge in [-0.3, -0.25) is 4.18 Å². The lowest BCUT2D eigenvalue weighted by Gasteiger charge is -2.30. The maximum atomic E-state index is 12.2. The standard InChI is InChI=1S/C16H24O3S/c1-3-14-6-4-5-7-15(14)12-19-20(17,18)16-10-8-13(2)9-11-16/h8-11,14-15H,3-7,12H2,1-2H3/t14-,15+/m1/s1. The van der Waals surface area contributed by atoms with Crippen molar-refractivity contribution in [1.82, 2.24) is 0 Å². The van der Waals surface area contributed by atoms with Crippen LogP contribution in [0.4, 0.5) is 0 Å². The highest BCUT2D eigenvalue weighted by atomic mass is 32.2. The molecule has 0 aliphatic heterocycles. The van der Waals surface area contributed by atoms with Crippen LogP contribution < -0.4 is 0 Å². The van der Waals surface area contributed by atoms with Gasteiger partial charge in [0.25, 0.3) is 10.1 Å². The Morgan fingerprint density at radius 1 is 1.10 bits per heavy atom. The molecule has 0 N–H and O–H groups in total. The molecule has 4 heteroatoms. The average molecular weight is 296 g/mol. The Labute approximate surface area is 122 Å². The second kappa shape index (κ2) is 6.72. The molecule has 1 aromatic rings. The third-order valence-electron chi connectivity index (χ3n) is 4.34. The van der Waals surface area contributed by atoms with E-state index in [0.717, 1.165) is 18.4 Å². The molecule has 2 atom stereocenters. The van der Waals surface area contributed by atoms with Crippen LogP contribution in [-0.4, -0.2) is 15.0 Å². The van der Waals surface area contributed by atoms with E-state index in [1.165, 1.54) is 19.3 Å². The Morgan fingerprint density at radius 3 is 2.30 bits per heavy atom. The summed E-state index contributed by atoms with van der Waals surface area (Å²) < 4.78 is 29.6. The Morgan fingerprint density at radius 2 is 1.70 bits per heavy atom. The van der Waals surface area contributed by atoms with Crippen molar-refractivity contribution in [3.05, 3.63) is 29.8 Å². The lowest BCUT2D eigenvalue weighted by atomic mass is 9.78. The molecule has 0 saturated heterocycles. The minimum atomic E-state index is -3.61. The number of aryl methyl sites for hydroxylation is 1. The molecule has 112 valence electrons. The zero-order chi connectivity index (χ0) is 14.6. The summed E-state index contributed by atoms with van der Waals surface area (Å²) in [5.41, 5.74) is 1.04. The Kier molecular flexibility index (Phi) is 5.22. The first-order valence-corrected chi connectivity index (χ1v) is 8.90. The normalized spacial score (nSPS) is 23.7. The molecule has 20 heavy (non-hydrogen) atoms. The van der Waals surface area contributed by atoms with E-state index < -0.39 is 10.1 Å². The number of rotatable bonds is 5. The predicted molar refractivity (Wildman–Crippen MR) is 80.1 cm³/mol. The minimum Gasteiger partial charge on any atom is -0.266 e. The molecule has 0 bridgehead atoms. The van der Waals surface area contributed by atoms with E-state index in [-0.39, 0.29) is 4.90 Å². The zero-order valence-electron chi connectivity index (χ0n) is 12.3. The van der Waals surface area contributed by atoms with Crippen LogP contribution in [-0.2, 0) is 14.3 Å². The van der Waals surface area contributed by atoms with Crippen molar-refractivity contribution < 1.29 is 12.6 Å². The van der Waals surface area contributed by atoms with E-state index in [1.54, 1.807) is 24.3 Å². The number of hydrogen-bond donors (Lipinski definition) is 0. The quantitative estimate of drug-likeness (QED) is 0.774. The van der Waals surface area contributed by atoms with Gasteiger partial charge in [-0.2, -0.15) is 8.42 Å². The van der Waals surface area contributed by atoms with Crippen LogP contribution in [0.3, 0.4) is 0 Å². The average Bonchev–Trinajstić information content (AvgIpc) is 2.46. The van der Waals surface area contributed by atoms with Gasteiger partial charge < -0.3 is 0 Å². The fourth-order valence-corrected chi connectivity index (χ4v) is 3.95. The van der Waals surface area contributed by atoms with Crippen molar-refractivity contribution in [1.29, 1.82) is 0 Å². The Hall–Kier alpha value is -0.870. The summed E-state index contributed by atoms with van der Waals surface area (Å²) in [5.74, 6) is 0.992. The van der Waals surface area contributed by atoms with Crippen molar-refractivity contribution in [2.45, 2.75) is 50.8 Å². The summed E-state index contributed by atoms with van der Waals surface area (Å²) in [4.78, 5) is 0.256. The van der Waals surface area contributed by atoms with Crippen LogP contribution in [0.25, 0.3) is 0 Å². The van der Waals surface area contributed by atoms with Crippen molar-refractivity contribution in [3.8, 4) is 0 Å². The molecule has 0 aromatic heterocycles. The van der Waals surface area contributed by atoms with Gasteiger partial charge in [0.1, 0.15) is 0 Å². The molecule has 1 fully saturated rings. The van der Waals surface area contributed by atoms with Gasteiger partial charge in [0.15, 0.2) is 0 Å². The fourth-order valence-electron chi connectivity index (χ4n) is 2.99. The summed E-state index contributed by atoms with van der Waals surface area (Å²) in [6.45, 7) is 4.44. The summed E-state index contributed by atoms with van der Waals surface area (Å²) in [6, 6.07) is 6.82. The zero-order valence-corrected chi connectivity index (χ0v) is 13.2. The third-order valence-corrected chi connectivity index (χ3v) is 5.63. The first kappa shape index (κ1) is 15.5. The predicted octanol–water partition coefficient (Wildman–Crippen LogP) is 3.92. The van der Waals surface area contributed by atoms with Crippen LogP contribution in [0.5, 0.6) is 0 Å². The molecule has 0 spiro atoms. The van der Waals surface area contributed by atoms with Gasteiger partial charge in [0.05, 0.1) is 11.5 Å². The van der Waals surface area contributed by atoms with E-state index in [0.29, 0.717) is 18.4 Å². The second-order valence-corrected chi connectivity index (χ2v) is 7.38. The largest absolute Gasteiger partial charge is 0.296 e. The topological polar surface area (TPSA) is 43.4 Å². The summed E-state index contributed by atoms with van der Waals surface area (Å²) in [6.07, 6.45) is 5.85. The highest BCUT2D eigenvalue weighted by Gasteiger charge is 2.26. The molecular formula is C16H24O3S. The molecule has 0 radical (unpaired) electrons. The van der Waals surface area contributed by atoms with E-state index in [9.17, 15) is 8.42 Å². The maximum absolute atomic E-state index is 12.2. The lowest BCUT2D eigenvalue weighted by molar-refractivity contribution is 0.150. The van der Waals surface area contributed by atoms with E-state index in [2.05, 4.69) is 6.92 Å². The molecule has 1 aliphatic carbocycles. The summed E-state index contributed by atoms with van der Waals surface area (Å²) >= 11 is 0. The van der Waals surface area contributed by atoms with Crippen LogP contribution in [0.2, 0.25) is 0 Å². The molecule has 0 amide bonds. The van der Waals surface area contributed by atoms with Gasteiger partial charge >= 0.3 is 0 Å². The van der Waals surface area contributed by atoms with Gasteiger partial charge in [-0.1, -0.05) is 50.3 Å². The van der Waals surface area contributed by atoms with Crippen LogP contribution >= 0.6 is 0 Å². The highest BCUT2D eigenvalue weighted by molar-refractivity contribution is 7.86. The van der Waals surface area contributed by atoms with Crippen molar-refractivity contribution >= 4 is 10.1 Å². The first-order valence-electron chi connectivity index (χ1n) is 7.49. The molecule has 3 nitrogen and oxygen atoms in total. The van der Waals surface area contributed by atoms with Gasteiger partial charge in [-0.25, -0.2) is 0 Å². The summed E-state index contributed by atoms with van der Waals surface area (Å²) in [5, 5.41) is 0. The highest BCUT2D eigenvalue weighted by Crippen LogP contribution is 2.33. The molecule has 0 unspecified atom stereocenters. The monoisotopic (exact) mass is 296 g/mol. The van der Waals surface area contributed by atoms with Crippen molar-refractivity contribution in [2.24, 2.45) is 11.8 Å². The van der Waals surface area contributed by atoms with E-state index in [4.69, 9.17) is 4.18 Å². The molecule has 2 rings (SSSR count). The maximum Gasteiger partial charge on any atom is 0.296 e. The Balaban J connectivity index is 1.99. The van der Waals surface area contributed by atoms with Gasteiger partial charge in [-0.15, -0.1) is 0 Å². The fraction of sp³-hybridized carbons (Fsp3) is 0.625. The van der Waals surface area contributed by atoms with Gasteiger partial charge in [0, 0.05) is 0 Å². The van der Waals surface area contributed by atoms with Gasteiger partial charge in [0.2, 0.25) is 0 Å². The molecular weight excluding hydrogens is 272 g/mol. The summed E-state index contributed by atoms with van der Waals surface area (Å²) in [7, 11) is -3.61. The molecule has 1 aliphatic rings. The van der Waals surface area contributed by atoms with Gasteiger partial charge in [-0.05, 0) is 37.3 Å². The number of benzene rings is 1. The van der Waals surface area contributed by atoms with Crippen molar-refractivity contribution in [3.63, 3.8) is 0 Å². The molecule has 1 aromatic carbocycles. The smallest absolute Gasteiger partial charge is 0.266 e. The molecule has 0 heterocycles. The second-order valence-electron chi connectivity index (χ2n) is 5.76. The van der Waals surface area contributed by atoms with E-state index in [1.807, 2.05) is 6.92 Å². The van der Waals surface area contributed by atoms with Crippen LogP contribution in [0.15, 0.2) is 29.2 Å². The van der Waals surface area contributed by atoms with Crippen LogP contribution in [0, 0.1) is 18.8 Å². The van der Waals surface area contributed by atoms with E-state index >= 15 is 0 Å². The minimum absolute atomic E-state index is 0.256. The number of hydrogen-bond acceptors (Lipinski definition) is 3. The van der Waals surface area contributed by atoms with Crippen molar-refractivity contribution in [2.75, 3.05) is 6.61 Å². The Bertz CT molecular complexity index is 519. The lowest BCUT2D eigenvalue weighted by Crippen LogP contribution is -2.25. The first-order chi connectivity index (χ1) is 9.53. The van der Waals surface area contributed by atoms with Crippen LogP contribution in [0.1, 0.15) is 44.6 Å². The molecule has 1 saturated carbocycles. The third kappa shape index (κ3) is 3.83. The SMILES string of the molecule is CC[C@@H]1CCCC[C@H]1COS(=O)(=O)c1ccc(C)cc1.